The van der Waals surface area contributed by atoms with Gasteiger partial charge in [-0.05, 0) is 37.1 Å². The van der Waals surface area contributed by atoms with E-state index in [-0.39, 0.29) is 0 Å². The minimum absolute atomic E-state index is 0.324. The minimum atomic E-state index is -0.492. The first kappa shape index (κ1) is 13.3. The largest absolute Gasteiger partial charge is 0.466 e. The summed E-state index contributed by atoms with van der Waals surface area (Å²) >= 11 is 0. The molecular formula is C13H16O4. The Labute approximate surface area is 101 Å². The second-order valence-corrected chi connectivity index (χ2v) is 3.23. The van der Waals surface area contributed by atoms with Crippen molar-refractivity contribution >= 4 is 5.97 Å². The topological polar surface area (TPSA) is 44.8 Å². The zero-order chi connectivity index (χ0) is 12.7. The second-order valence-electron chi connectivity index (χ2n) is 3.23. The number of hydrogen-bond donors (Lipinski definition) is 0. The Morgan fingerprint density at radius 2 is 2.18 bits per heavy atom. The van der Waals surface area contributed by atoms with Crippen molar-refractivity contribution in [1.29, 1.82) is 0 Å². The first-order valence-corrected chi connectivity index (χ1v) is 5.47. The number of benzene rings is 1. The van der Waals surface area contributed by atoms with Crippen LogP contribution in [-0.2, 0) is 16.2 Å². The molecule has 0 heterocycles. The van der Waals surface area contributed by atoms with Crippen LogP contribution in [0.25, 0.3) is 0 Å². The Morgan fingerprint density at radius 1 is 1.41 bits per heavy atom. The molecule has 92 valence electrons. The highest BCUT2D eigenvalue weighted by Gasteiger charge is 2.13. The van der Waals surface area contributed by atoms with Crippen LogP contribution in [-0.4, -0.2) is 12.6 Å². The number of carbonyl (C=O) groups is 1. The van der Waals surface area contributed by atoms with Gasteiger partial charge in [-0.2, -0.15) is 4.89 Å². The van der Waals surface area contributed by atoms with E-state index < -0.39 is 5.97 Å². The molecule has 0 spiro atoms. The molecule has 0 radical (unpaired) electrons. The van der Waals surface area contributed by atoms with E-state index in [1.807, 2.05) is 6.92 Å². The Morgan fingerprint density at radius 3 is 2.76 bits per heavy atom. The fourth-order valence-electron chi connectivity index (χ4n) is 1.39. The third-order valence-electron chi connectivity index (χ3n) is 2.15. The van der Waals surface area contributed by atoms with Crippen molar-refractivity contribution in [2.24, 2.45) is 0 Å². The van der Waals surface area contributed by atoms with Gasteiger partial charge in [0, 0.05) is 0 Å². The molecule has 0 amide bonds. The molecule has 0 aromatic heterocycles. The lowest BCUT2D eigenvalue weighted by Gasteiger charge is -2.08. The summed E-state index contributed by atoms with van der Waals surface area (Å²) in [5.74, 6) is 0.152. The highest BCUT2D eigenvalue weighted by Crippen LogP contribution is 2.19. The number of ether oxygens (including phenoxy) is 1. The fraction of sp³-hybridized carbons (Fsp3) is 0.308. The molecule has 0 aliphatic heterocycles. The zero-order valence-electron chi connectivity index (χ0n) is 10.1. The van der Waals surface area contributed by atoms with Crippen molar-refractivity contribution in [1.82, 2.24) is 0 Å². The molecule has 1 rings (SSSR count). The molecule has 4 heteroatoms. The summed E-state index contributed by atoms with van der Waals surface area (Å²) in [4.78, 5) is 20.9. The highest BCUT2D eigenvalue weighted by atomic mass is 17.2. The quantitative estimate of drug-likeness (QED) is 0.433. The van der Waals surface area contributed by atoms with Crippen LogP contribution < -0.4 is 4.74 Å². The Balaban J connectivity index is 2.91. The number of aryl methyl sites for hydroxylation is 1. The van der Waals surface area contributed by atoms with Crippen LogP contribution in [0.3, 0.4) is 0 Å². The van der Waals surface area contributed by atoms with Crippen LogP contribution in [0.15, 0.2) is 31.0 Å². The van der Waals surface area contributed by atoms with Crippen molar-refractivity contribution in [3.8, 4) is 5.75 Å². The van der Waals surface area contributed by atoms with E-state index >= 15 is 0 Å². The van der Waals surface area contributed by atoms with Gasteiger partial charge in [-0.3, -0.25) is 4.89 Å². The first-order valence-electron chi connectivity index (χ1n) is 5.47. The normalized spacial score (nSPS) is 9.76. The van der Waals surface area contributed by atoms with Crippen LogP contribution in [0, 0.1) is 0 Å². The minimum Gasteiger partial charge on any atom is -0.466 e. The Bertz CT molecular complexity index is 398. The lowest BCUT2D eigenvalue weighted by atomic mass is 10.1. The Kier molecular flexibility index (Phi) is 5.23. The molecule has 0 saturated heterocycles. The average Bonchev–Trinajstić information content (AvgIpc) is 2.36. The lowest BCUT2D eigenvalue weighted by molar-refractivity contribution is -0.236. The van der Waals surface area contributed by atoms with Crippen molar-refractivity contribution in [2.75, 3.05) is 6.61 Å². The van der Waals surface area contributed by atoms with Gasteiger partial charge < -0.3 is 4.74 Å². The van der Waals surface area contributed by atoms with Gasteiger partial charge in [0.2, 0.25) is 0 Å². The molecule has 0 aliphatic carbocycles. The molecule has 0 atom stereocenters. The summed E-state index contributed by atoms with van der Waals surface area (Å²) in [6.45, 7) is 7.49. The standard InChI is InChI=1S/C13H16O4/c1-4-10-9-11(15-5-2)7-8-12(10)13(14)17-16-6-3/h5,7-9H,2,4,6H2,1,3H3. The van der Waals surface area contributed by atoms with Crippen molar-refractivity contribution < 1.29 is 19.3 Å². The molecule has 1 aromatic rings. The van der Waals surface area contributed by atoms with Crippen LogP contribution >= 0.6 is 0 Å². The average molecular weight is 236 g/mol. The summed E-state index contributed by atoms with van der Waals surface area (Å²) in [5, 5.41) is 0. The third kappa shape index (κ3) is 3.60. The van der Waals surface area contributed by atoms with E-state index in [1.165, 1.54) is 6.26 Å². The van der Waals surface area contributed by atoms with E-state index in [0.29, 0.717) is 24.3 Å². The zero-order valence-corrected chi connectivity index (χ0v) is 10.1. The van der Waals surface area contributed by atoms with Crippen molar-refractivity contribution in [3.63, 3.8) is 0 Å². The van der Waals surface area contributed by atoms with E-state index in [0.717, 1.165) is 5.56 Å². The molecule has 4 nitrogen and oxygen atoms in total. The molecule has 0 saturated carbocycles. The summed E-state index contributed by atoms with van der Waals surface area (Å²) in [6, 6.07) is 5.12. The van der Waals surface area contributed by atoms with Gasteiger partial charge in [-0.25, -0.2) is 4.79 Å². The number of hydrogen-bond acceptors (Lipinski definition) is 4. The highest BCUT2D eigenvalue weighted by molar-refractivity contribution is 5.90. The molecular weight excluding hydrogens is 220 g/mol. The molecule has 17 heavy (non-hydrogen) atoms. The molecule has 1 aromatic carbocycles. The van der Waals surface area contributed by atoms with Crippen molar-refractivity contribution in [3.05, 3.63) is 42.2 Å². The monoisotopic (exact) mass is 236 g/mol. The van der Waals surface area contributed by atoms with Crippen LogP contribution in [0.1, 0.15) is 29.8 Å². The van der Waals surface area contributed by atoms with Gasteiger partial charge in [-0.15, -0.1) is 0 Å². The lowest BCUT2D eigenvalue weighted by Crippen LogP contribution is -2.08. The second kappa shape index (κ2) is 6.70. The maximum Gasteiger partial charge on any atom is 0.373 e. The summed E-state index contributed by atoms with van der Waals surface area (Å²) < 4.78 is 5.14. The van der Waals surface area contributed by atoms with Gasteiger partial charge in [0.25, 0.3) is 0 Å². The fourth-order valence-corrected chi connectivity index (χ4v) is 1.39. The van der Waals surface area contributed by atoms with Crippen LogP contribution in [0.2, 0.25) is 0 Å². The van der Waals surface area contributed by atoms with Gasteiger partial charge in [0.1, 0.15) is 5.75 Å². The molecule has 0 N–H and O–H groups in total. The van der Waals surface area contributed by atoms with E-state index in [1.54, 1.807) is 25.1 Å². The van der Waals surface area contributed by atoms with E-state index in [2.05, 4.69) is 16.4 Å². The number of carbonyl (C=O) groups excluding carboxylic acids is 1. The predicted octanol–water partition coefficient (Wildman–Crippen LogP) is 2.88. The SMILES string of the molecule is C=COc1ccc(C(=O)OOCC)c(CC)c1. The van der Waals surface area contributed by atoms with Gasteiger partial charge in [-0.1, -0.05) is 13.5 Å². The maximum atomic E-state index is 11.6. The summed E-state index contributed by atoms with van der Waals surface area (Å²) in [5.41, 5.74) is 1.33. The smallest absolute Gasteiger partial charge is 0.373 e. The van der Waals surface area contributed by atoms with Crippen molar-refractivity contribution in [2.45, 2.75) is 20.3 Å². The summed E-state index contributed by atoms with van der Waals surface area (Å²) in [7, 11) is 0. The van der Waals surface area contributed by atoms with Gasteiger partial charge in [0.05, 0.1) is 18.4 Å². The van der Waals surface area contributed by atoms with Crippen LogP contribution in [0.4, 0.5) is 0 Å². The van der Waals surface area contributed by atoms with Gasteiger partial charge >= 0.3 is 5.97 Å². The van der Waals surface area contributed by atoms with E-state index in [4.69, 9.17) is 4.74 Å². The molecule has 0 unspecified atom stereocenters. The molecule has 0 aliphatic rings. The molecule has 0 bridgehead atoms. The molecule has 0 fully saturated rings. The maximum absolute atomic E-state index is 11.6. The number of rotatable bonds is 6. The first-order chi connectivity index (χ1) is 8.22. The van der Waals surface area contributed by atoms with E-state index in [9.17, 15) is 4.79 Å². The predicted molar refractivity (Wildman–Crippen MR) is 63.7 cm³/mol. The summed E-state index contributed by atoms with van der Waals surface area (Å²) in [6.07, 6.45) is 2.04. The van der Waals surface area contributed by atoms with Crippen LogP contribution in [0.5, 0.6) is 5.75 Å². The Hall–Kier alpha value is -1.81. The third-order valence-corrected chi connectivity index (χ3v) is 2.15. The van der Waals surface area contributed by atoms with Gasteiger partial charge in [0.15, 0.2) is 0 Å².